The molecule has 0 N–H and O–H groups in total. The van der Waals surface area contributed by atoms with E-state index in [0.717, 1.165) is 49.1 Å². The fourth-order valence-electron chi connectivity index (χ4n) is 7.88. The van der Waals surface area contributed by atoms with Crippen LogP contribution in [0.3, 0.4) is 0 Å². The maximum atomic E-state index is 5.96. The van der Waals surface area contributed by atoms with E-state index in [0.29, 0.717) is 0 Å². The Morgan fingerprint density at radius 1 is 0.543 bits per heavy atom. The number of nitrogens with zero attached hydrogens (tertiary/aromatic N) is 5. The summed E-state index contributed by atoms with van der Waals surface area (Å²) in [5.41, 5.74) is 12.7. The Labute approximate surface area is 290 Å². The Hall–Kier alpha value is -3.48. The van der Waals surface area contributed by atoms with Crippen LogP contribution in [0.4, 0.5) is 22.7 Å². The van der Waals surface area contributed by atoms with Gasteiger partial charge < -0.3 is 0 Å². The second kappa shape index (κ2) is 13.3. The molecule has 6 rings (SSSR count). The number of hydrogen-bond donors (Lipinski definition) is 0. The maximum absolute atomic E-state index is 5.96. The van der Waals surface area contributed by atoms with Gasteiger partial charge in [0.15, 0.2) is 0 Å². The Morgan fingerprint density at radius 3 is 1.22 bits per heavy atom. The van der Waals surface area contributed by atoms with Crippen LogP contribution in [0, 0.1) is 41.5 Å². The van der Waals surface area contributed by atoms with Crippen molar-refractivity contribution in [1.29, 1.82) is 0 Å². The summed E-state index contributed by atoms with van der Waals surface area (Å²) >= 11 is 1.33. The third-order valence-corrected chi connectivity index (χ3v) is 10.5. The first-order valence-corrected chi connectivity index (χ1v) is 17.2. The van der Waals surface area contributed by atoms with Crippen LogP contribution in [0.15, 0.2) is 72.8 Å². The summed E-state index contributed by atoms with van der Waals surface area (Å²) in [6.07, 6.45) is -0.105. The second-order valence-corrected chi connectivity index (χ2v) is 14.0. The van der Waals surface area contributed by atoms with Crippen molar-refractivity contribution in [3.8, 4) is 11.5 Å². The molecule has 46 heavy (non-hydrogen) atoms. The average molecular weight is 696 g/mol. The number of hydrogen-bond acceptors (Lipinski definition) is 7. The number of rotatable bonds is 8. The molecule has 0 saturated carbocycles. The summed E-state index contributed by atoms with van der Waals surface area (Å²) in [6.45, 7) is 17.0. The number of para-hydroxylation sites is 4. The summed E-state index contributed by atoms with van der Waals surface area (Å²) in [6, 6.07) is 26.2. The van der Waals surface area contributed by atoms with E-state index in [1.807, 2.05) is 0 Å². The monoisotopic (exact) mass is 694 g/mol. The van der Waals surface area contributed by atoms with Gasteiger partial charge in [0.2, 0.25) is 0 Å². The average Bonchev–Trinajstić information content (AvgIpc) is 3.65. The van der Waals surface area contributed by atoms with Crippen molar-refractivity contribution >= 4 is 22.7 Å². The van der Waals surface area contributed by atoms with Crippen molar-refractivity contribution < 1.29 is 34.5 Å². The summed E-state index contributed by atoms with van der Waals surface area (Å²) in [5.74, 6) is 1.79. The third kappa shape index (κ3) is 5.79. The van der Waals surface area contributed by atoms with Crippen LogP contribution in [0.5, 0.6) is 11.5 Å². The molecule has 0 spiro atoms. The molecule has 2 fully saturated rings. The first-order valence-electron chi connectivity index (χ1n) is 16.1. The van der Waals surface area contributed by atoms with Gasteiger partial charge in [0.05, 0.1) is 0 Å². The molecular weight excluding hydrogens is 650 g/mol. The zero-order valence-corrected chi connectivity index (χ0v) is 30.9. The minimum atomic E-state index is -0.0523. The number of methoxy groups -OCH3 is 2. The van der Waals surface area contributed by atoms with Gasteiger partial charge in [-0.3, -0.25) is 0 Å². The van der Waals surface area contributed by atoms with E-state index in [1.54, 1.807) is 14.2 Å². The zero-order chi connectivity index (χ0) is 32.7. The zero-order valence-electron chi connectivity index (χ0n) is 28.5. The minimum absolute atomic E-state index is 0.0523. The van der Waals surface area contributed by atoms with E-state index < -0.39 is 0 Å². The Bertz CT molecular complexity index is 1560. The number of ether oxygens (including phenoxy) is 2. The molecule has 2 aliphatic heterocycles. The SMILES string of the molecule is COc1ccccc1N1CCN(c2c(C)cc(C)cc2C)C1[N]([Zr])C1N(c2ccccc2OC)CCN1c1c(C)cc(C)cc1C. The van der Waals surface area contributed by atoms with E-state index in [1.165, 1.54) is 69.8 Å². The van der Waals surface area contributed by atoms with E-state index in [9.17, 15) is 0 Å². The van der Waals surface area contributed by atoms with Crippen molar-refractivity contribution in [1.82, 2.24) is 2.84 Å². The predicted octanol–water partition coefficient (Wildman–Crippen LogP) is 7.24. The Morgan fingerprint density at radius 2 is 0.870 bits per heavy atom. The molecule has 0 bridgehead atoms. The van der Waals surface area contributed by atoms with Crippen molar-refractivity contribution in [2.75, 3.05) is 60.0 Å². The molecule has 2 unspecified atom stereocenters. The van der Waals surface area contributed by atoms with Gasteiger partial charge in [0.25, 0.3) is 0 Å². The van der Waals surface area contributed by atoms with Gasteiger partial charge in [-0.15, -0.1) is 0 Å². The topological polar surface area (TPSA) is 34.7 Å². The summed E-state index contributed by atoms with van der Waals surface area (Å²) in [5, 5.41) is 0. The van der Waals surface area contributed by atoms with Gasteiger partial charge >= 0.3 is 292 Å². The normalized spacial score (nSPS) is 18.2. The van der Waals surface area contributed by atoms with Crippen molar-refractivity contribution in [3.05, 3.63) is 106 Å². The Balaban J connectivity index is 1.55. The molecule has 4 aromatic carbocycles. The summed E-state index contributed by atoms with van der Waals surface area (Å²) in [7, 11) is 3.55. The fourth-order valence-corrected chi connectivity index (χ4v) is 9.25. The molecule has 7 nitrogen and oxygen atoms in total. The number of aryl methyl sites for hydroxylation is 6. The van der Waals surface area contributed by atoms with Crippen LogP contribution in [0.2, 0.25) is 0 Å². The number of benzene rings is 4. The van der Waals surface area contributed by atoms with Gasteiger partial charge in [-0.2, -0.15) is 0 Å². The van der Waals surface area contributed by atoms with Crippen molar-refractivity contribution in [3.63, 3.8) is 0 Å². The molecule has 2 saturated heterocycles. The molecule has 2 heterocycles. The van der Waals surface area contributed by atoms with Crippen LogP contribution in [-0.2, 0) is 25.0 Å². The standard InChI is InChI=1S/C38H46N5O2.Zr/c1-25-21-27(3)35(28(4)22-25)42-19-17-40(31-13-9-11-15-33(31)44-7)37(42)39-38-41(32-14-10-12-16-34(32)45-8)18-20-43(38)36-29(5)23-26(2)24-30(36)6;/h9-16,21-24,37-38H,17-20H2,1-8H3;/q-1;+1. The second-order valence-electron chi connectivity index (χ2n) is 12.7. The fraction of sp³-hybridized carbons (Fsp3) is 0.368. The van der Waals surface area contributed by atoms with Crippen LogP contribution in [-0.4, -0.2) is 55.8 Å². The van der Waals surface area contributed by atoms with Crippen molar-refractivity contribution in [2.45, 2.75) is 54.1 Å². The van der Waals surface area contributed by atoms with E-state index in [2.05, 4.69) is 137 Å². The van der Waals surface area contributed by atoms with Gasteiger partial charge in [-0.25, -0.2) is 0 Å². The molecule has 2 aliphatic rings. The van der Waals surface area contributed by atoms with Crippen LogP contribution >= 0.6 is 0 Å². The van der Waals surface area contributed by atoms with Crippen LogP contribution < -0.4 is 29.1 Å². The van der Waals surface area contributed by atoms with Gasteiger partial charge in [0, 0.05) is 0 Å². The van der Waals surface area contributed by atoms with E-state index in [4.69, 9.17) is 9.47 Å². The van der Waals surface area contributed by atoms with Gasteiger partial charge in [0.1, 0.15) is 0 Å². The van der Waals surface area contributed by atoms with E-state index in [-0.39, 0.29) is 12.6 Å². The Kier molecular flexibility index (Phi) is 9.41. The first-order chi connectivity index (χ1) is 22.1. The molecule has 0 amide bonds. The van der Waals surface area contributed by atoms with Crippen LogP contribution in [0.25, 0.3) is 0 Å². The molecular formula is C38H46N5O2Zr. The number of anilines is 4. The van der Waals surface area contributed by atoms with E-state index >= 15 is 0 Å². The van der Waals surface area contributed by atoms with Crippen molar-refractivity contribution in [2.24, 2.45) is 0 Å². The summed E-state index contributed by atoms with van der Waals surface area (Å²) < 4.78 is 14.6. The summed E-state index contributed by atoms with van der Waals surface area (Å²) in [4.78, 5) is 10.3. The molecule has 2 atom stereocenters. The molecule has 0 aliphatic carbocycles. The first kappa shape index (κ1) is 32.5. The van der Waals surface area contributed by atoms with Gasteiger partial charge in [-0.1, -0.05) is 0 Å². The molecule has 0 radical (unpaired) electrons. The predicted molar refractivity (Wildman–Crippen MR) is 186 cm³/mol. The van der Waals surface area contributed by atoms with Crippen LogP contribution in [0.1, 0.15) is 33.4 Å². The molecule has 4 aromatic rings. The molecule has 239 valence electrons. The van der Waals surface area contributed by atoms with Gasteiger partial charge in [-0.05, 0) is 0 Å². The molecule has 8 heteroatoms. The third-order valence-electron chi connectivity index (χ3n) is 9.41. The quantitative estimate of drug-likeness (QED) is 0.192. The molecule has 0 aromatic heterocycles.